The molecule has 0 fully saturated rings. The first kappa shape index (κ1) is 13.8. The Morgan fingerprint density at radius 2 is 2.05 bits per heavy atom. The fourth-order valence-electron chi connectivity index (χ4n) is 2.14. The Labute approximate surface area is 127 Å². The number of aromatic nitrogens is 4. The van der Waals surface area contributed by atoms with Gasteiger partial charge in [-0.05, 0) is 13.0 Å². The van der Waals surface area contributed by atoms with Crippen molar-refractivity contribution in [2.24, 2.45) is 0 Å². The highest BCUT2D eigenvalue weighted by atomic mass is 16.1. The van der Waals surface area contributed by atoms with Gasteiger partial charge in [0.05, 0.1) is 24.5 Å². The summed E-state index contributed by atoms with van der Waals surface area (Å²) in [5.74, 6) is 2.74. The van der Waals surface area contributed by atoms with Gasteiger partial charge in [-0.2, -0.15) is 5.10 Å². The Hall–Kier alpha value is -3.20. The van der Waals surface area contributed by atoms with Gasteiger partial charge in [0.1, 0.15) is 11.5 Å². The van der Waals surface area contributed by atoms with Crippen LogP contribution in [0.3, 0.4) is 0 Å². The summed E-state index contributed by atoms with van der Waals surface area (Å²) in [5, 5.41) is 7.78. The maximum atomic E-state index is 12.2. The van der Waals surface area contributed by atoms with Crippen molar-refractivity contribution < 1.29 is 4.79 Å². The minimum absolute atomic E-state index is 0.160. The van der Waals surface area contributed by atoms with Gasteiger partial charge in [-0.3, -0.25) is 4.79 Å². The first-order chi connectivity index (χ1) is 10.7. The zero-order valence-electron chi connectivity index (χ0n) is 11.9. The number of benzene rings is 1. The lowest BCUT2D eigenvalue weighted by Crippen LogP contribution is -2.24. The molecular formula is C16H13N5O. The molecule has 3 aromatic rings. The van der Waals surface area contributed by atoms with Crippen molar-refractivity contribution in [3.8, 4) is 18.0 Å². The van der Waals surface area contributed by atoms with Gasteiger partial charge >= 0.3 is 0 Å². The van der Waals surface area contributed by atoms with Crippen LogP contribution in [0.4, 0.5) is 0 Å². The summed E-state index contributed by atoms with van der Waals surface area (Å²) in [6.07, 6.45) is 8.51. The van der Waals surface area contributed by atoms with Gasteiger partial charge in [-0.25, -0.2) is 14.6 Å². The fraction of sp³-hybridized carbons (Fsp3) is 0.125. The molecule has 2 aromatic heterocycles. The van der Waals surface area contributed by atoms with Crippen LogP contribution in [0.15, 0.2) is 36.7 Å². The number of para-hydroxylation sites is 1. The second-order valence-electron chi connectivity index (χ2n) is 4.65. The van der Waals surface area contributed by atoms with Crippen molar-refractivity contribution in [2.45, 2.75) is 6.92 Å². The molecule has 3 rings (SSSR count). The molecule has 0 aliphatic carbocycles. The van der Waals surface area contributed by atoms with Crippen LogP contribution in [0.2, 0.25) is 0 Å². The SMILES string of the molecule is C#CCNC(=O)c1nn(-c2cnc(C)nc2)c2ccccc12. The second-order valence-corrected chi connectivity index (χ2v) is 4.65. The molecule has 0 saturated carbocycles. The summed E-state index contributed by atoms with van der Waals surface area (Å²) in [4.78, 5) is 20.5. The highest BCUT2D eigenvalue weighted by molar-refractivity contribution is 6.05. The molecule has 2 heterocycles. The summed E-state index contributed by atoms with van der Waals surface area (Å²) >= 11 is 0. The predicted octanol–water partition coefficient (Wildman–Crippen LogP) is 1.49. The van der Waals surface area contributed by atoms with E-state index in [0.717, 1.165) is 10.9 Å². The monoisotopic (exact) mass is 291 g/mol. The van der Waals surface area contributed by atoms with Crippen LogP contribution in [-0.2, 0) is 0 Å². The highest BCUT2D eigenvalue weighted by Gasteiger charge is 2.17. The van der Waals surface area contributed by atoms with E-state index in [2.05, 4.69) is 26.3 Å². The van der Waals surface area contributed by atoms with Gasteiger partial charge in [-0.1, -0.05) is 24.1 Å². The average molecular weight is 291 g/mol. The van der Waals surface area contributed by atoms with Crippen molar-refractivity contribution in [3.05, 3.63) is 48.2 Å². The number of carbonyl (C=O) groups is 1. The Kier molecular flexibility index (Phi) is 3.54. The van der Waals surface area contributed by atoms with E-state index in [0.29, 0.717) is 17.2 Å². The second kappa shape index (κ2) is 5.66. The van der Waals surface area contributed by atoms with Crippen LogP contribution in [0.5, 0.6) is 0 Å². The maximum absolute atomic E-state index is 12.2. The number of rotatable bonds is 3. The summed E-state index contributed by atoms with van der Waals surface area (Å²) in [7, 11) is 0. The normalized spacial score (nSPS) is 10.4. The van der Waals surface area contributed by atoms with Gasteiger partial charge in [-0.15, -0.1) is 6.42 Å². The Morgan fingerprint density at radius 1 is 1.32 bits per heavy atom. The van der Waals surface area contributed by atoms with Crippen molar-refractivity contribution in [3.63, 3.8) is 0 Å². The van der Waals surface area contributed by atoms with Gasteiger partial charge in [0.25, 0.3) is 5.91 Å². The molecule has 0 spiro atoms. The molecule has 0 aliphatic rings. The van der Waals surface area contributed by atoms with E-state index in [4.69, 9.17) is 6.42 Å². The van der Waals surface area contributed by atoms with E-state index in [1.807, 2.05) is 31.2 Å². The minimum Gasteiger partial charge on any atom is -0.340 e. The topological polar surface area (TPSA) is 72.7 Å². The zero-order valence-corrected chi connectivity index (χ0v) is 11.9. The maximum Gasteiger partial charge on any atom is 0.273 e. The smallest absolute Gasteiger partial charge is 0.273 e. The van der Waals surface area contributed by atoms with E-state index in [-0.39, 0.29) is 12.5 Å². The quantitative estimate of drug-likeness (QED) is 0.742. The third-order valence-corrected chi connectivity index (χ3v) is 3.17. The van der Waals surface area contributed by atoms with E-state index >= 15 is 0 Å². The Bertz CT molecular complexity index is 874. The van der Waals surface area contributed by atoms with Crippen LogP contribution < -0.4 is 5.32 Å². The molecule has 6 heteroatoms. The summed E-state index contributed by atoms with van der Waals surface area (Å²) < 4.78 is 1.65. The van der Waals surface area contributed by atoms with Crippen LogP contribution in [0, 0.1) is 19.3 Å². The molecule has 0 radical (unpaired) electrons. The third-order valence-electron chi connectivity index (χ3n) is 3.17. The first-order valence-electron chi connectivity index (χ1n) is 6.69. The lowest BCUT2D eigenvalue weighted by molar-refractivity contribution is 0.0955. The van der Waals surface area contributed by atoms with Crippen LogP contribution >= 0.6 is 0 Å². The lowest BCUT2D eigenvalue weighted by Gasteiger charge is -2.02. The largest absolute Gasteiger partial charge is 0.340 e. The van der Waals surface area contributed by atoms with Crippen molar-refractivity contribution in [1.82, 2.24) is 25.1 Å². The fourth-order valence-corrected chi connectivity index (χ4v) is 2.14. The minimum atomic E-state index is -0.305. The van der Waals surface area contributed by atoms with Gasteiger partial charge in [0, 0.05) is 5.39 Å². The predicted molar refractivity (Wildman–Crippen MR) is 82.6 cm³/mol. The summed E-state index contributed by atoms with van der Waals surface area (Å²) in [5.41, 5.74) is 1.82. The molecule has 0 aliphatic heterocycles. The molecule has 0 atom stereocenters. The third kappa shape index (κ3) is 2.40. The van der Waals surface area contributed by atoms with Crippen molar-refractivity contribution in [1.29, 1.82) is 0 Å². The Morgan fingerprint density at radius 3 is 2.77 bits per heavy atom. The van der Waals surface area contributed by atoms with Gasteiger partial charge < -0.3 is 5.32 Å². The summed E-state index contributed by atoms with van der Waals surface area (Å²) in [6.45, 7) is 1.97. The number of carbonyl (C=O) groups excluding carboxylic acids is 1. The lowest BCUT2D eigenvalue weighted by atomic mass is 10.2. The number of nitrogens with one attached hydrogen (secondary N) is 1. The van der Waals surface area contributed by atoms with Gasteiger partial charge in [0.2, 0.25) is 0 Å². The number of hydrogen-bond donors (Lipinski definition) is 1. The number of aryl methyl sites for hydroxylation is 1. The standard InChI is InChI=1S/C16H13N5O/c1-3-8-17-16(22)15-13-6-4-5-7-14(13)21(20-15)12-9-18-11(2)19-10-12/h1,4-7,9-10H,8H2,2H3,(H,17,22). The van der Waals surface area contributed by atoms with Crippen molar-refractivity contribution >= 4 is 16.8 Å². The molecule has 0 saturated heterocycles. The molecule has 6 nitrogen and oxygen atoms in total. The van der Waals surface area contributed by atoms with Gasteiger partial charge in [0.15, 0.2) is 5.69 Å². The number of fused-ring (bicyclic) bond motifs is 1. The summed E-state index contributed by atoms with van der Waals surface area (Å²) in [6, 6.07) is 7.48. The van der Waals surface area contributed by atoms with Crippen molar-refractivity contribution in [2.75, 3.05) is 6.54 Å². The molecule has 1 amide bonds. The Balaban J connectivity index is 2.14. The molecule has 22 heavy (non-hydrogen) atoms. The zero-order chi connectivity index (χ0) is 15.5. The molecule has 108 valence electrons. The van der Waals surface area contributed by atoms with E-state index in [9.17, 15) is 4.79 Å². The highest BCUT2D eigenvalue weighted by Crippen LogP contribution is 2.21. The molecule has 0 bridgehead atoms. The van der Waals surface area contributed by atoms with E-state index < -0.39 is 0 Å². The van der Waals surface area contributed by atoms with Crippen LogP contribution in [0.25, 0.3) is 16.6 Å². The molecule has 1 N–H and O–H groups in total. The van der Waals surface area contributed by atoms with E-state index in [1.165, 1.54) is 0 Å². The molecule has 1 aromatic carbocycles. The first-order valence-corrected chi connectivity index (χ1v) is 6.69. The molecular weight excluding hydrogens is 278 g/mol. The van der Waals surface area contributed by atoms with Crippen LogP contribution in [0.1, 0.15) is 16.3 Å². The number of terminal acetylenes is 1. The van der Waals surface area contributed by atoms with Crippen LogP contribution in [-0.4, -0.2) is 32.2 Å². The van der Waals surface area contributed by atoms with E-state index in [1.54, 1.807) is 17.1 Å². The average Bonchev–Trinajstić information content (AvgIpc) is 2.93. The number of amides is 1. The molecule has 0 unspecified atom stereocenters. The number of nitrogens with zero attached hydrogens (tertiary/aromatic N) is 4. The number of hydrogen-bond acceptors (Lipinski definition) is 4.